The van der Waals surface area contributed by atoms with Gasteiger partial charge in [0.2, 0.25) is 0 Å². The van der Waals surface area contributed by atoms with Crippen molar-refractivity contribution < 1.29 is 27.5 Å². The van der Waals surface area contributed by atoms with Crippen LogP contribution in [-0.2, 0) is 20.4 Å². The third kappa shape index (κ3) is 5.00. The van der Waals surface area contributed by atoms with Crippen molar-refractivity contribution in [1.29, 1.82) is 0 Å². The number of carbonyl (C=O) groups excluding carboxylic acids is 1. The van der Waals surface area contributed by atoms with Crippen molar-refractivity contribution in [3.63, 3.8) is 0 Å². The van der Waals surface area contributed by atoms with Crippen LogP contribution in [0.3, 0.4) is 0 Å². The molecule has 10 heteroatoms. The van der Waals surface area contributed by atoms with Gasteiger partial charge in [0, 0.05) is 40.0 Å². The number of allylic oxidation sites excluding steroid dienone is 1. The summed E-state index contributed by atoms with van der Waals surface area (Å²) in [7, 11) is -3.45. The smallest absolute Gasteiger partial charge is 0.352 e. The molecule has 4 N–H and O–H groups in total. The predicted octanol–water partition coefficient (Wildman–Crippen LogP) is 3.97. The van der Waals surface area contributed by atoms with Crippen molar-refractivity contribution in [3.8, 4) is 11.1 Å². The van der Waals surface area contributed by atoms with Gasteiger partial charge in [-0.25, -0.2) is 22.6 Å². The second-order valence-corrected chi connectivity index (χ2v) is 11.1. The fraction of sp³-hybridized carbons (Fsp3) is 0.269. The van der Waals surface area contributed by atoms with E-state index < -0.39 is 27.4 Å². The van der Waals surface area contributed by atoms with Gasteiger partial charge in [0.1, 0.15) is 11.5 Å². The number of nitrogens with two attached hydrogens (primary N) is 1. The summed E-state index contributed by atoms with van der Waals surface area (Å²) in [5.41, 5.74) is 8.39. The summed E-state index contributed by atoms with van der Waals surface area (Å²) in [5, 5.41) is 10.5. The highest BCUT2D eigenvalue weighted by molar-refractivity contribution is 7.89. The molecule has 0 aliphatic carbocycles. The van der Waals surface area contributed by atoms with Crippen molar-refractivity contribution in [2.24, 2.45) is 10.7 Å². The molecule has 2 heterocycles. The van der Waals surface area contributed by atoms with Crippen molar-refractivity contribution in [1.82, 2.24) is 4.98 Å². The summed E-state index contributed by atoms with van der Waals surface area (Å²) in [5.74, 6) is -3.15. The maximum absolute atomic E-state index is 14.8. The van der Waals surface area contributed by atoms with Crippen LogP contribution in [0.5, 0.6) is 0 Å². The molecule has 0 saturated heterocycles. The van der Waals surface area contributed by atoms with Crippen LogP contribution in [-0.4, -0.2) is 48.9 Å². The molecule has 188 valence electrons. The lowest BCUT2D eigenvalue weighted by Gasteiger charge is -2.13. The van der Waals surface area contributed by atoms with Crippen LogP contribution in [0.4, 0.5) is 4.39 Å². The first-order chi connectivity index (χ1) is 17.0. The number of carboxylic acids is 1. The lowest BCUT2D eigenvalue weighted by atomic mass is 9.90. The number of aromatic carboxylic acids is 1. The van der Waals surface area contributed by atoms with Crippen LogP contribution < -0.4 is 5.73 Å². The maximum Gasteiger partial charge on any atom is 0.352 e. The largest absolute Gasteiger partial charge is 0.477 e. The Morgan fingerprint density at radius 3 is 2.64 bits per heavy atom. The molecule has 0 saturated carbocycles. The Morgan fingerprint density at radius 2 is 2.00 bits per heavy atom. The number of aromatic amines is 1. The molecule has 4 rings (SSSR count). The molecule has 1 amide bonds. The van der Waals surface area contributed by atoms with Crippen LogP contribution in [0.2, 0.25) is 0 Å². The van der Waals surface area contributed by atoms with E-state index >= 15 is 0 Å². The number of benzene rings is 2. The topological polar surface area (TPSA) is 143 Å². The number of carbonyl (C=O) groups is 2. The van der Waals surface area contributed by atoms with Crippen molar-refractivity contribution >= 4 is 38.3 Å². The van der Waals surface area contributed by atoms with Gasteiger partial charge in [-0.05, 0) is 42.7 Å². The molecule has 1 aliphatic rings. The van der Waals surface area contributed by atoms with E-state index in [9.17, 15) is 27.5 Å². The van der Waals surface area contributed by atoms with Gasteiger partial charge in [-0.15, -0.1) is 0 Å². The van der Waals surface area contributed by atoms with Crippen molar-refractivity contribution in [2.45, 2.75) is 31.4 Å². The van der Waals surface area contributed by atoms with Crippen LogP contribution in [0.25, 0.3) is 22.0 Å². The lowest BCUT2D eigenvalue weighted by Crippen LogP contribution is -2.05. The lowest BCUT2D eigenvalue weighted by molar-refractivity contribution is -0.114. The quantitative estimate of drug-likeness (QED) is 0.397. The zero-order valence-corrected chi connectivity index (χ0v) is 20.7. The number of halogens is 1. The number of nitrogens with one attached hydrogen (secondary N) is 1. The Bertz CT molecular complexity index is 1550. The molecule has 2 aromatic carbocycles. The average molecular weight is 512 g/mol. The number of aromatic nitrogens is 1. The third-order valence-corrected chi connectivity index (χ3v) is 7.06. The van der Waals surface area contributed by atoms with Gasteiger partial charge in [0.25, 0.3) is 5.91 Å². The Morgan fingerprint density at radius 1 is 1.25 bits per heavy atom. The van der Waals surface area contributed by atoms with Crippen molar-refractivity contribution in [3.05, 3.63) is 70.7 Å². The predicted molar refractivity (Wildman–Crippen MR) is 136 cm³/mol. The van der Waals surface area contributed by atoms with Crippen molar-refractivity contribution in [2.75, 3.05) is 12.8 Å². The molecule has 0 unspecified atom stereocenters. The van der Waals surface area contributed by atoms with Crippen LogP contribution in [0, 0.1) is 5.82 Å². The molecule has 36 heavy (non-hydrogen) atoms. The number of H-pyrrole nitrogens is 1. The summed E-state index contributed by atoms with van der Waals surface area (Å²) in [4.78, 5) is 31.8. The number of aliphatic imine (C=N–C) groups is 1. The highest BCUT2D eigenvalue weighted by Gasteiger charge is 2.28. The minimum atomic E-state index is -3.45. The molecule has 0 fully saturated rings. The maximum atomic E-state index is 14.8. The SMILES string of the molecule is C[C@H](C1=CC(CCCN)=NC1=O)c1cccc2c(-c3ccc(CS(C)(=O)=O)c(F)c3)c(C(=O)O)[nH]c12. The number of hydrogen-bond acceptors (Lipinski definition) is 5. The van der Waals surface area contributed by atoms with Gasteiger partial charge in [-0.3, -0.25) is 4.79 Å². The van der Waals surface area contributed by atoms with Crippen LogP contribution in [0.15, 0.2) is 53.0 Å². The number of hydrogen-bond donors (Lipinski definition) is 3. The summed E-state index contributed by atoms with van der Waals surface area (Å²) >= 11 is 0. The summed E-state index contributed by atoms with van der Waals surface area (Å²) in [6.07, 6.45) is 4.09. The Labute approximate surface area is 207 Å². The second-order valence-electron chi connectivity index (χ2n) is 8.95. The number of rotatable bonds is 9. The molecule has 3 aromatic rings. The summed E-state index contributed by atoms with van der Waals surface area (Å²) in [6, 6.07) is 9.29. The van der Waals surface area contributed by atoms with Gasteiger partial charge in [0.05, 0.1) is 11.3 Å². The minimum Gasteiger partial charge on any atom is -0.477 e. The van der Waals surface area contributed by atoms with E-state index in [1.807, 2.05) is 6.92 Å². The third-order valence-electron chi connectivity index (χ3n) is 6.22. The Balaban J connectivity index is 1.81. The molecule has 1 aliphatic heterocycles. The minimum absolute atomic E-state index is 0.00407. The molecule has 0 spiro atoms. The summed E-state index contributed by atoms with van der Waals surface area (Å²) in [6.45, 7) is 2.34. The molecule has 8 nitrogen and oxygen atoms in total. The fourth-order valence-electron chi connectivity index (χ4n) is 4.52. The van der Waals surface area contributed by atoms with Crippen LogP contribution >= 0.6 is 0 Å². The van der Waals surface area contributed by atoms with E-state index in [-0.39, 0.29) is 28.6 Å². The number of carboxylic acid groups (broad SMARTS) is 1. The van der Waals surface area contributed by atoms with E-state index in [4.69, 9.17) is 5.73 Å². The molecular formula is C26H26FN3O5S. The van der Waals surface area contributed by atoms with E-state index in [2.05, 4.69) is 9.98 Å². The number of para-hydroxylation sites is 1. The zero-order chi connectivity index (χ0) is 26.2. The fourth-order valence-corrected chi connectivity index (χ4v) is 5.32. The van der Waals surface area contributed by atoms with E-state index in [1.54, 1.807) is 24.3 Å². The highest BCUT2D eigenvalue weighted by Crippen LogP contribution is 2.39. The van der Waals surface area contributed by atoms with Gasteiger partial charge in [-0.2, -0.15) is 0 Å². The van der Waals surface area contributed by atoms with E-state index in [0.29, 0.717) is 52.7 Å². The van der Waals surface area contributed by atoms with Gasteiger partial charge in [-0.1, -0.05) is 37.3 Å². The Kier molecular flexibility index (Phi) is 6.92. The number of sulfone groups is 1. The normalized spacial score (nSPS) is 14.7. The molecular weight excluding hydrogens is 485 g/mol. The standard InChI is InChI=1S/C26H26FN3O5S/c1-14(20-12-17(5-4-10-28)29-25(20)31)18-6-3-7-19-22(24(26(32)33)30-23(18)19)15-8-9-16(21(27)11-15)13-36(2,34)35/h3,6-9,11-12,14,30H,4-5,10,13,28H2,1-2H3,(H,32,33)/t14-/m0/s1. The Hall–Kier alpha value is -3.63. The summed E-state index contributed by atoms with van der Waals surface area (Å²) < 4.78 is 38.0. The second kappa shape index (κ2) is 9.79. The van der Waals surface area contributed by atoms with E-state index in [0.717, 1.165) is 12.3 Å². The molecule has 1 atom stereocenters. The average Bonchev–Trinajstić information content (AvgIpc) is 3.38. The first-order valence-corrected chi connectivity index (χ1v) is 13.4. The molecule has 1 aromatic heterocycles. The van der Waals surface area contributed by atoms with Gasteiger partial charge >= 0.3 is 5.97 Å². The van der Waals surface area contributed by atoms with E-state index in [1.165, 1.54) is 12.1 Å². The molecule has 0 bridgehead atoms. The number of amides is 1. The number of fused-ring (bicyclic) bond motifs is 1. The monoisotopic (exact) mass is 511 g/mol. The number of nitrogens with zero attached hydrogens (tertiary/aromatic N) is 1. The zero-order valence-electron chi connectivity index (χ0n) is 19.8. The highest BCUT2D eigenvalue weighted by atomic mass is 32.2. The van der Waals surface area contributed by atoms with Gasteiger partial charge in [0.15, 0.2) is 9.84 Å². The van der Waals surface area contributed by atoms with Gasteiger partial charge < -0.3 is 15.8 Å². The van der Waals surface area contributed by atoms with Crippen LogP contribution in [0.1, 0.15) is 47.3 Å². The first-order valence-electron chi connectivity index (χ1n) is 11.4. The first kappa shape index (κ1) is 25.5. The molecule has 0 radical (unpaired) electrons.